The molecule has 1 N–H and O–H groups in total. The molecule has 116 valence electrons. The van der Waals surface area contributed by atoms with Crippen LogP contribution < -0.4 is 5.32 Å². The van der Waals surface area contributed by atoms with Gasteiger partial charge in [0.1, 0.15) is 0 Å². The van der Waals surface area contributed by atoms with Gasteiger partial charge >= 0.3 is 0 Å². The van der Waals surface area contributed by atoms with Crippen LogP contribution in [0.3, 0.4) is 0 Å². The Morgan fingerprint density at radius 1 is 1.20 bits per heavy atom. The van der Waals surface area contributed by atoms with E-state index in [-0.39, 0.29) is 5.91 Å². The summed E-state index contributed by atoms with van der Waals surface area (Å²) in [6.07, 6.45) is 9.05. The van der Waals surface area contributed by atoms with Gasteiger partial charge in [-0.2, -0.15) is 5.06 Å². The van der Waals surface area contributed by atoms with Crippen molar-refractivity contribution in [3.05, 3.63) is 0 Å². The molecule has 2 saturated heterocycles. The van der Waals surface area contributed by atoms with Crippen molar-refractivity contribution in [1.82, 2.24) is 10.4 Å². The molecule has 0 aromatic rings. The Hall–Kier alpha value is -0.650. The highest BCUT2D eigenvalue weighted by molar-refractivity contribution is 5.75. The monoisotopic (exact) mass is 284 g/mol. The highest BCUT2D eigenvalue weighted by atomic mass is 16.7. The molecule has 5 nitrogen and oxygen atoms in total. The van der Waals surface area contributed by atoms with E-state index in [1.165, 1.54) is 19.3 Å². The molecule has 2 aliphatic rings. The van der Waals surface area contributed by atoms with Gasteiger partial charge in [0.2, 0.25) is 5.91 Å². The molecule has 0 bridgehead atoms. The molecule has 0 unspecified atom stereocenters. The first-order valence-corrected chi connectivity index (χ1v) is 8.11. The molecule has 20 heavy (non-hydrogen) atoms. The van der Waals surface area contributed by atoms with Crippen LogP contribution in [0.2, 0.25) is 0 Å². The van der Waals surface area contributed by atoms with Crippen LogP contribution in [-0.4, -0.2) is 49.9 Å². The Kier molecular flexibility index (Phi) is 7.33. The van der Waals surface area contributed by atoms with E-state index < -0.39 is 0 Å². The maximum atomic E-state index is 11.7. The number of nitrogens with one attached hydrogen (secondary N) is 1. The van der Waals surface area contributed by atoms with Gasteiger partial charge in [0.15, 0.2) is 0 Å². The first kappa shape index (κ1) is 15.7. The summed E-state index contributed by atoms with van der Waals surface area (Å²) in [6.45, 7) is 4.17. The van der Waals surface area contributed by atoms with Crippen LogP contribution in [0.4, 0.5) is 0 Å². The van der Waals surface area contributed by atoms with Crippen LogP contribution >= 0.6 is 0 Å². The minimum atomic E-state index is 0.135. The quantitative estimate of drug-likeness (QED) is 0.691. The van der Waals surface area contributed by atoms with Gasteiger partial charge in [0.05, 0.1) is 12.7 Å². The fourth-order valence-corrected chi connectivity index (χ4v) is 2.74. The average molecular weight is 284 g/mol. The zero-order valence-corrected chi connectivity index (χ0v) is 12.4. The molecule has 0 spiro atoms. The van der Waals surface area contributed by atoms with E-state index in [1.54, 1.807) is 0 Å². The number of ether oxygens (including phenoxy) is 1. The van der Waals surface area contributed by atoms with Gasteiger partial charge < -0.3 is 10.1 Å². The standard InChI is InChI=1S/C15H28N2O3/c18-15(8-11-17-10-3-4-13-20-17)16-9-2-1-6-14-7-5-12-19-14/h14H,1-13H2,(H,16,18)/t14-/m1/s1. The molecule has 0 aliphatic carbocycles. The first-order valence-electron chi connectivity index (χ1n) is 8.11. The maximum absolute atomic E-state index is 11.7. The highest BCUT2D eigenvalue weighted by Crippen LogP contribution is 2.17. The van der Waals surface area contributed by atoms with Crippen molar-refractivity contribution in [3.63, 3.8) is 0 Å². The number of unbranched alkanes of at least 4 members (excludes halogenated alkanes) is 1. The van der Waals surface area contributed by atoms with Gasteiger partial charge in [0.25, 0.3) is 0 Å². The van der Waals surface area contributed by atoms with E-state index in [4.69, 9.17) is 9.57 Å². The van der Waals surface area contributed by atoms with Gasteiger partial charge in [-0.05, 0) is 44.9 Å². The first-order chi connectivity index (χ1) is 9.84. The van der Waals surface area contributed by atoms with Crippen molar-refractivity contribution in [1.29, 1.82) is 0 Å². The lowest BCUT2D eigenvalue weighted by molar-refractivity contribution is -0.181. The fourth-order valence-electron chi connectivity index (χ4n) is 2.74. The van der Waals surface area contributed by atoms with Crippen LogP contribution in [-0.2, 0) is 14.4 Å². The number of rotatable bonds is 8. The number of amides is 1. The number of nitrogens with zero attached hydrogens (tertiary/aromatic N) is 1. The Morgan fingerprint density at radius 2 is 2.15 bits per heavy atom. The van der Waals surface area contributed by atoms with Gasteiger partial charge in [-0.1, -0.05) is 0 Å². The molecule has 1 amide bonds. The second kappa shape index (κ2) is 9.32. The summed E-state index contributed by atoms with van der Waals surface area (Å²) >= 11 is 0. The molecule has 0 radical (unpaired) electrons. The Balaban J connectivity index is 1.41. The third kappa shape index (κ3) is 6.20. The second-order valence-corrected chi connectivity index (χ2v) is 5.70. The fraction of sp³-hybridized carbons (Fsp3) is 0.933. The lowest BCUT2D eigenvalue weighted by Gasteiger charge is -2.25. The lowest BCUT2D eigenvalue weighted by Crippen LogP contribution is -2.34. The Labute approximate surface area is 121 Å². The van der Waals surface area contributed by atoms with Crippen molar-refractivity contribution in [2.45, 2.75) is 57.5 Å². The van der Waals surface area contributed by atoms with E-state index in [9.17, 15) is 4.79 Å². The summed E-state index contributed by atoms with van der Waals surface area (Å²) in [7, 11) is 0. The molecule has 2 fully saturated rings. The Bertz CT molecular complexity index is 274. The maximum Gasteiger partial charge on any atom is 0.221 e. The predicted octanol–water partition coefficient (Wildman–Crippen LogP) is 1.87. The second-order valence-electron chi connectivity index (χ2n) is 5.70. The minimum Gasteiger partial charge on any atom is -0.378 e. The number of carbonyl (C=O) groups excluding carboxylic acids is 1. The summed E-state index contributed by atoms with van der Waals surface area (Å²) in [6, 6.07) is 0. The van der Waals surface area contributed by atoms with E-state index in [2.05, 4.69) is 5.32 Å². The summed E-state index contributed by atoms with van der Waals surface area (Å²) in [4.78, 5) is 17.2. The highest BCUT2D eigenvalue weighted by Gasteiger charge is 2.15. The zero-order chi connectivity index (χ0) is 14.0. The van der Waals surface area contributed by atoms with E-state index in [0.717, 1.165) is 52.0 Å². The van der Waals surface area contributed by atoms with E-state index in [1.807, 2.05) is 5.06 Å². The summed E-state index contributed by atoms with van der Waals surface area (Å²) in [5.74, 6) is 0.135. The Morgan fingerprint density at radius 3 is 2.90 bits per heavy atom. The topological polar surface area (TPSA) is 50.8 Å². The summed E-state index contributed by atoms with van der Waals surface area (Å²) < 4.78 is 5.58. The number of hydroxylamine groups is 2. The molecule has 5 heteroatoms. The van der Waals surface area contributed by atoms with Crippen LogP contribution in [0.15, 0.2) is 0 Å². The van der Waals surface area contributed by atoms with Crippen LogP contribution in [0.25, 0.3) is 0 Å². The van der Waals surface area contributed by atoms with Crippen LogP contribution in [0, 0.1) is 0 Å². The van der Waals surface area contributed by atoms with Crippen LogP contribution in [0.1, 0.15) is 51.4 Å². The number of hydrogen-bond acceptors (Lipinski definition) is 4. The SMILES string of the molecule is O=C(CCN1CCCCO1)NCCCC[C@@H]1CCCO1. The largest absolute Gasteiger partial charge is 0.378 e. The molecule has 2 aliphatic heterocycles. The summed E-state index contributed by atoms with van der Waals surface area (Å²) in [5, 5.41) is 4.90. The van der Waals surface area contributed by atoms with E-state index >= 15 is 0 Å². The zero-order valence-electron chi connectivity index (χ0n) is 12.4. The summed E-state index contributed by atoms with van der Waals surface area (Å²) in [5.41, 5.74) is 0. The average Bonchev–Trinajstić information content (AvgIpc) is 2.99. The third-order valence-corrected chi connectivity index (χ3v) is 3.96. The number of carbonyl (C=O) groups is 1. The van der Waals surface area contributed by atoms with Crippen molar-refractivity contribution < 1.29 is 14.4 Å². The van der Waals surface area contributed by atoms with Gasteiger partial charge in [-0.3, -0.25) is 9.63 Å². The van der Waals surface area contributed by atoms with Crippen molar-refractivity contribution >= 4 is 5.91 Å². The minimum absolute atomic E-state index is 0.135. The lowest BCUT2D eigenvalue weighted by atomic mass is 10.1. The molecule has 0 saturated carbocycles. The predicted molar refractivity (Wildman–Crippen MR) is 77.2 cm³/mol. The van der Waals surface area contributed by atoms with Gasteiger partial charge in [-0.25, -0.2) is 0 Å². The molecule has 2 heterocycles. The molecular formula is C15H28N2O3. The third-order valence-electron chi connectivity index (χ3n) is 3.96. The molecule has 2 rings (SSSR count). The van der Waals surface area contributed by atoms with Crippen molar-refractivity contribution in [2.75, 3.05) is 32.8 Å². The molecule has 1 atom stereocenters. The van der Waals surface area contributed by atoms with E-state index in [0.29, 0.717) is 19.1 Å². The molecular weight excluding hydrogens is 256 g/mol. The smallest absolute Gasteiger partial charge is 0.221 e. The normalized spacial score (nSPS) is 23.9. The molecule has 0 aromatic carbocycles. The van der Waals surface area contributed by atoms with Crippen LogP contribution in [0.5, 0.6) is 0 Å². The molecule has 0 aromatic heterocycles. The van der Waals surface area contributed by atoms with Crippen molar-refractivity contribution in [3.8, 4) is 0 Å². The van der Waals surface area contributed by atoms with Gasteiger partial charge in [0, 0.05) is 32.7 Å². The van der Waals surface area contributed by atoms with Gasteiger partial charge in [-0.15, -0.1) is 0 Å². The van der Waals surface area contributed by atoms with Crippen molar-refractivity contribution in [2.24, 2.45) is 0 Å². The number of hydrogen-bond donors (Lipinski definition) is 1.